The summed E-state index contributed by atoms with van der Waals surface area (Å²) in [5.74, 6) is 0.789. The standard InChI is InChI=1S/C24H30N2O2/c1-5-16(3)26-23(27)14-20(18-11-7-8-13-22(18)28-4)21-15-25-24-17(6-2)10-9-12-19(21)24/h7-13,15-16,20,25H,5-6,14H2,1-4H3,(H,26,27)/t16-,20+/m0/s1. The van der Waals surface area contributed by atoms with Crippen LogP contribution in [0, 0.1) is 0 Å². The van der Waals surface area contributed by atoms with E-state index in [0.29, 0.717) is 6.42 Å². The number of carbonyl (C=O) groups is 1. The van der Waals surface area contributed by atoms with E-state index in [0.717, 1.165) is 35.2 Å². The number of amides is 1. The van der Waals surface area contributed by atoms with Crippen molar-refractivity contribution in [3.05, 3.63) is 65.4 Å². The van der Waals surface area contributed by atoms with Crippen molar-refractivity contribution in [2.45, 2.75) is 52.0 Å². The molecule has 0 aliphatic carbocycles. The second-order valence-electron chi connectivity index (χ2n) is 7.31. The third kappa shape index (κ3) is 4.06. The van der Waals surface area contributed by atoms with Gasteiger partial charge in [-0.3, -0.25) is 4.79 Å². The zero-order valence-electron chi connectivity index (χ0n) is 17.2. The number of ether oxygens (including phenoxy) is 1. The molecule has 0 radical (unpaired) electrons. The fourth-order valence-corrected chi connectivity index (χ4v) is 3.78. The number of aromatic amines is 1. The molecule has 2 N–H and O–H groups in total. The van der Waals surface area contributed by atoms with E-state index in [-0.39, 0.29) is 17.9 Å². The average Bonchev–Trinajstić information content (AvgIpc) is 3.15. The van der Waals surface area contributed by atoms with Crippen LogP contribution in [0.25, 0.3) is 10.9 Å². The number of hydrogen-bond acceptors (Lipinski definition) is 2. The summed E-state index contributed by atoms with van der Waals surface area (Å²) in [5, 5.41) is 4.28. The number of benzene rings is 2. The van der Waals surface area contributed by atoms with Crippen LogP contribution < -0.4 is 10.1 Å². The van der Waals surface area contributed by atoms with Crippen molar-refractivity contribution in [2.24, 2.45) is 0 Å². The molecule has 2 atom stereocenters. The topological polar surface area (TPSA) is 54.1 Å². The highest BCUT2D eigenvalue weighted by Crippen LogP contribution is 2.38. The quantitative estimate of drug-likeness (QED) is 0.568. The third-order valence-electron chi connectivity index (χ3n) is 5.51. The Morgan fingerprint density at radius 2 is 1.89 bits per heavy atom. The smallest absolute Gasteiger partial charge is 0.221 e. The van der Waals surface area contributed by atoms with Crippen LogP contribution in [0.3, 0.4) is 0 Å². The number of methoxy groups -OCH3 is 1. The fraction of sp³-hybridized carbons (Fsp3) is 0.375. The van der Waals surface area contributed by atoms with Gasteiger partial charge in [0.15, 0.2) is 0 Å². The van der Waals surface area contributed by atoms with E-state index in [9.17, 15) is 4.79 Å². The number of para-hydroxylation sites is 2. The molecule has 0 bridgehead atoms. The van der Waals surface area contributed by atoms with Crippen LogP contribution in [-0.2, 0) is 11.2 Å². The SMILES string of the molecule is CCc1cccc2c([C@H](CC(=O)N[C@@H](C)CC)c3ccccc3OC)c[nH]c12. The Morgan fingerprint density at radius 1 is 1.11 bits per heavy atom. The second-order valence-corrected chi connectivity index (χ2v) is 7.31. The van der Waals surface area contributed by atoms with Gasteiger partial charge in [0.1, 0.15) is 5.75 Å². The number of rotatable bonds is 8. The zero-order valence-corrected chi connectivity index (χ0v) is 17.2. The number of carbonyl (C=O) groups excluding carboxylic acids is 1. The predicted octanol–water partition coefficient (Wildman–Crippen LogP) is 5.18. The summed E-state index contributed by atoms with van der Waals surface area (Å²) >= 11 is 0. The molecule has 0 unspecified atom stereocenters. The van der Waals surface area contributed by atoms with E-state index in [2.05, 4.69) is 54.6 Å². The normalized spacial score (nSPS) is 13.3. The lowest BCUT2D eigenvalue weighted by atomic mass is 9.87. The van der Waals surface area contributed by atoms with Crippen LogP contribution in [0.5, 0.6) is 5.75 Å². The Labute approximate surface area is 167 Å². The summed E-state index contributed by atoms with van der Waals surface area (Å²) in [7, 11) is 1.68. The molecule has 1 heterocycles. The van der Waals surface area contributed by atoms with Gasteiger partial charge in [-0.15, -0.1) is 0 Å². The van der Waals surface area contributed by atoms with Crippen molar-refractivity contribution in [3.63, 3.8) is 0 Å². The molecule has 1 amide bonds. The Kier molecular flexibility index (Phi) is 6.40. The summed E-state index contributed by atoms with van der Waals surface area (Å²) < 4.78 is 5.62. The highest BCUT2D eigenvalue weighted by molar-refractivity contribution is 5.88. The monoisotopic (exact) mass is 378 g/mol. The van der Waals surface area contributed by atoms with Gasteiger partial charge in [-0.1, -0.05) is 50.2 Å². The van der Waals surface area contributed by atoms with Crippen molar-refractivity contribution in [1.29, 1.82) is 0 Å². The summed E-state index contributed by atoms with van der Waals surface area (Å²) in [6, 6.07) is 14.5. The number of hydrogen-bond donors (Lipinski definition) is 2. The number of fused-ring (bicyclic) bond motifs is 1. The van der Waals surface area contributed by atoms with Gasteiger partial charge in [0, 0.05) is 41.0 Å². The van der Waals surface area contributed by atoms with Crippen LogP contribution in [0.1, 0.15) is 56.2 Å². The lowest BCUT2D eigenvalue weighted by Gasteiger charge is -2.21. The molecule has 3 aromatic rings. The molecule has 4 nitrogen and oxygen atoms in total. The minimum absolute atomic E-state index is 0.0613. The van der Waals surface area contributed by atoms with Gasteiger partial charge in [-0.2, -0.15) is 0 Å². The molecule has 1 aromatic heterocycles. The van der Waals surface area contributed by atoms with Gasteiger partial charge in [0.2, 0.25) is 5.91 Å². The molecule has 28 heavy (non-hydrogen) atoms. The van der Waals surface area contributed by atoms with E-state index in [1.807, 2.05) is 25.1 Å². The van der Waals surface area contributed by atoms with Crippen molar-refractivity contribution in [3.8, 4) is 5.75 Å². The summed E-state index contributed by atoms with van der Waals surface area (Å²) in [4.78, 5) is 16.2. The van der Waals surface area contributed by atoms with E-state index < -0.39 is 0 Å². The third-order valence-corrected chi connectivity index (χ3v) is 5.51. The van der Waals surface area contributed by atoms with Gasteiger partial charge in [0.05, 0.1) is 7.11 Å². The summed E-state index contributed by atoms with van der Waals surface area (Å²) in [6.45, 7) is 6.27. The first-order chi connectivity index (χ1) is 13.6. The Hall–Kier alpha value is -2.75. The first-order valence-electron chi connectivity index (χ1n) is 10.1. The molecule has 0 spiro atoms. The molecule has 148 valence electrons. The maximum Gasteiger partial charge on any atom is 0.221 e. The molecule has 4 heteroatoms. The van der Waals surface area contributed by atoms with Gasteiger partial charge >= 0.3 is 0 Å². The largest absolute Gasteiger partial charge is 0.496 e. The van der Waals surface area contributed by atoms with Crippen LogP contribution in [-0.4, -0.2) is 24.0 Å². The highest BCUT2D eigenvalue weighted by Gasteiger charge is 2.25. The molecule has 3 rings (SSSR count). The molecule has 0 aliphatic heterocycles. The van der Waals surface area contributed by atoms with Crippen molar-refractivity contribution >= 4 is 16.8 Å². The molecular weight excluding hydrogens is 348 g/mol. The summed E-state index contributed by atoms with van der Waals surface area (Å²) in [6.07, 6.45) is 4.31. The number of H-pyrrole nitrogens is 1. The molecule has 0 aliphatic rings. The molecule has 2 aromatic carbocycles. The first-order valence-corrected chi connectivity index (χ1v) is 10.1. The van der Waals surface area contributed by atoms with Gasteiger partial charge in [-0.05, 0) is 37.0 Å². The molecule has 0 fully saturated rings. The lowest BCUT2D eigenvalue weighted by Crippen LogP contribution is -2.33. The minimum Gasteiger partial charge on any atom is -0.496 e. The fourth-order valence-electron chi connectivity index (χ4n) is 3.78. The highest BCUT2D eigenvalue weighted by atomic mass is 16.5. The Balaban J connectivity index is 2.08. The van der Waals surface area contributed by atoms with Gasteiger partial charge in [0.25, 0.3) is 0 Å². The zero-order chi connectivity index (χ0) is 20.1. The predicted molar refractivity (Wildman–Crippen MR) is 115 cm³/mol. The first kappa shape index (κ1) is 20.0. The maximum atomic E-state index is 12.8. The molecular formula is C24H30N2O2. The van der Waals surface area contributed by atoms with E-state index >= 15 is 0 Å². The van der Waals surface area contributed by atoms with E-state index in [1.54, 1.807) is 7.11 Å². The van der Waals surface area contributed by atoms with E-state index in [4.69, 9.17) is 4.74 Å². The van der Waals surface area contributed by atoms with Crippen molar-refractivity contribution in [1.82, 2.24) is 10.3 Å². The Bertz CT molecular complexity index is 945. The number of nitrogens with one attached hydrogen (secondary N) is 2. The van der Waals surface area contributed by atoms with Crippen molar-refractivity contribution in [2.75, 3.05) is 7.11 Å². The number of aryl methyl sites for hydroxylation is 1. The van der Waals surface area contributed by atoms with Crippen molar-refractivity contribution < 1.29 is 9.53 Å². The average molecular weight is 379 g/mol. The van der Waals surface area contributed by atoms with Crippen LogP contribution in [0.4, 0.5) is 0 Å². The molecule has 0 saturated carbocycles. The minimum atomic E-state index is -0.0823. The van der Waals surface area contributed by atoms with Crippen LogP contribution >= 0.6 is 0 Å². The van der Waals surface area contributed by atoms with Crippen LogP contribution in [0.15, 0.2) is 48.7 Å². The molecule has 0 saturated heterocycles. The maximum absolute atomic E-state index is 12.8. The number of aromatic nitrogens is 1. The summed E-state index contributed by atoms with van der Waals surface area (Å²) in [5.41, 5.74) is 4.61. The Morgan fingerprint density at radius 3 is 2.61 bits per heavy atom. The van der Waals surface area contributed by atoms with E-state index in [1.165, 1.54) is 10.9 Å². The van der Waals surface area contributed by atoms with Crippen LogP contribution in [0.2, 0.25) is 0 Å². The van der Waals surface area contributed by atoms with Gasteiger partial charge < -0.3 is 15.0 Å². The lowest BCUT2D eigenvalue weighted by molar-refractivity contribution is -0.121. The second kappa shape index (κ2) is 8.96. The van der Waals surface area contributed by atoms with Gasteiger partial charge in [-0.25, -0.2) is 0 Å².